The van der Waals surface area contributed by atoms with E-state index in [0.717, 1.165) is 17.7 Å². The molecular formula is C14H23F3N2O. The molecule has 116 valence electrons. The van der Waals surface area contributed by atoms with E-state index in [1.807, 2.05) is 13.8 Å². The molecule has 2 rings (SSSR count). The van der Waals surface area contributed by atoms with E-state index in [1.54, 1.807) is 0 Å². The number of nitrogens with zero attached hydrogens (tertiary/aromatic N) is 1. The van der Waals surface area contributed by atoms with Gasteiger partial charge in [0, 0.05) is 18.1 Å². The van der Waals surface area contributed by atoms with Gasteiger partial charge in [-0.25, -0.2) is 0 Å². The molecule has 0 aromatic heterocycles. The lowest BCUT2D eigenvalue weighted by Gasteiger charge is -2.35. The van der Waals surface area contributed by atoms with Gasteiger partial charge in [0.1, 0.15) is 6.54 Å². The van der Waals surface area contributed by atoms with E-state index < -0.39 is 12.7 Å². The number of nitrogens with one attached hydrogen (secondary N) is 1. The van der Waals surface area contributed by atoms with Crippen LogP contribution in [0.1, 0.15) is 46.0 Å². The first kappa shape index (κ1) is 15.6. The van der Waals surface area contributed by atoms with E-state index in [2.05, 4.69) is 5.32 Å². The van der Waals surface area contributed by atoms with E-state index in [9.17, 15) is 18.0 Å². The van der Waals surface area contributed by atoms with Crippen LogP contribution in [0.15, 0.2) is 0 Å². The highest BCUT2D eigenvalue weighted by molar-refractivity contribution is 5.80. The Morgan fingerprint density at radius 2 is 1.95 bits per heavy atom. The summed E-state index contributed by atoms with van der Waals surface area (Å²) in [5.41, 5.74) is 0. The highest BCUT2D eigenvalue weighted by atomic mass is 19.4. The number of halogens is 3. The van der Waals surface area contributed by atoms with Crippen LogP contribution in [0.4, 0.5) is 13.2 Å². The lowest BCUT2D eigenvalue weighted by Crippen LogP contribution is -2.49. The van der Waals surface area contributed by atoms with Crippen molar-refractivity contribution in [2.75, 3.05) is 6.54 Å². The highest BCUT2D eigenvalue weighted by Crippen LogP contribution is 2.35. The molecule has 0 spiro atoms. The molecule has 3 atom stereocenters. The first-order valence-corrected chi connectivity index (χ1v) is 7.49. The van der Waals surface area contributed by atoms with Gasteiger partial charge in [-0.3, -0.25) is 4.79 Å². The summed E-state index contributed by atoms with van der Waals surface area (Å²) < 4.78 is 38.3. The predicted octanol–water partition coefficient (Wildman–Crippen LogP) is 2.71. The van der Waals surface area contributed by atoms with Gasteiger partial charge >= 0.3 is 6.18 Å². The minimum Gasteiger partial charge on any atom is -0.330 e. The van der Waals surface area contributed by atoms with Crippen molar-refractivity contribution in [3.63, 3.8) is 0 Å². The molecule has 20 heavy (non-hydrogen) atoms. The molecule has 2 saturated heterocycles. The molecule has 0 aromatic rings. The number of fused-ring (bicyclic) bond motifs is 2. The second-order valence-electron chi connectivity index (χ2n) is 5.94. The van der Waals surface area contributed by atoms with Gasteiger partial charge in [0.05, 0.1) is 5.92 Å². The summed E-state index contributed by atoms with van der Waals surface area (Å²) in [5.74, 6) is -0.576. The average molecular weight is 292 g/mol. The minimum atomic E-state index is -4.33. The lowest BCUT2D eigenvalue weighted by atomic mass is 9.87. The zero-order valence-corrected chi connectivity index (χ0v) is 12.0. The molecule has 2 fully saturated rings. The van der Waals surface area contributed by atoms with Crippen molar-refractivity contribution in [3.05, 3.63) is 0 Å². The third kappa shape index (κ3) is 3.27. The third-order valence-electron chi connectivity index (χ3n) is 4.63. The molecule has 3 nitrogen and oxygen atoms in total. The van der Waals surface area contributed by atoms with Crippen LogP contribution in [0.25, 0.3) is 0 Å². The van der Waals surface area contributed by atoms with Crippen LogP contribution in [-0.2, 0) is 4.79 Å². The van der Waals surface area contributed by atoms with Crippen LogP contribution >= 0.6 is 0 Å². The quantitative estimate of drug-likeness (QED) is 0.845. The first-order valence-electron chi connectivity index (χ1n) is 7.49. The zero-order chi connectivity index (χ0) is 14.9. The van der Waals surface area contributed by atoms with Crippen LogP contribution in [0.5, 0.6) is 0 Å². The maximum absolute atomic E-state index is 12.8. The Kier molecular flexibility index (Phi) is 4.62. The van der Waals surface area contributed by atoms with E-state index in [4.69, 9.17) is 0 Å². The fourth-order valence-electron chi connectivity index (χ4n) is 3.62. The molecule has 0 aromatic carbocycles. The summed E-state index contributed by atoms with van der Waals surface area (Å²) in [6.07, 6.45) is -0.566. The molecule has 1 amide bonds. The molecule has 0 aliphatic carbocycles. The average Bonchev–Trinajstić information content (AvgIpc) is 2.99. The van der Waals surface area contributed by atoms with Crippen molar-refractivity contribution in [2.45, 2.75) is 70.3 Å². The van der Waals surface area contributed by atoms with Crippen molar-refractivity contribution in [1.29, 1.82) is 0 Å². The number of carbonyl (C=O) groups is 1. The van der Waals surface area contributed by atoms with Gasteiger partial charge in [-0.15, -0.1) is 0 Å². The number of carbonyl (C=O) groups excluding carboxylic acids is 1. The maximum atomic E-state index is 12.8. The molecule has 0 saturated carbocycles. The Bertz CT molecular complexity index is 355. The van der Waals surface area contributed by atoms with Gasteiger partial charge in [-0.05, 0) is 32.1 Å². The smallest absolute Gasteiger partial charge is 0.330 e. The summed E-state index contributed by atoms with van der Waals surface area (Å²) >= 11 is 0. The molecule has 1 N–H and O–H groups in total. The Labute approximate surface area is 117 Å². The van der Waals surface area contributed by atoms with E-state index in [0.29, 0.717) is 25.3 Å². The van der Waals surface area contributed by atoms with E-state index in [1.165, 1.54) is 0 Å². The molecular weight excluding hydrogens is 269 g/mol. The lowest BCUT2D eigenvalue weighted by molar-refractivity contribution is -0.169. The minimum absolute atomic E-state index is 0.0811. The first-order chi connectivity index (χ1) is 9.35. The summed E-state index contributed by atoms with van der Waals surface area (Å²) in [4.78, 5) is 13.6. The van der Waals surface area contributed by atoms with Crippen LogP contribution in [-0.4, -0.2) is 41.7 Å². The largest absolute Gasteiger partial charge is 0.406 e. The fraction of sp³-hybridized carbons (Fsp3) is 0.929. The van der Waals surface area contributed by atoms with Crippen molar-refractivity contribution >= 4 is 5.91 Å². The van der Waals surface area contributed by atoms with Gasteiger partial charge in [0.2, 0.25) is 5.91 Å². The van der Waals surface area contributed by atoms with E-state index in [-0.39, 0.29) is 23.9 Å². The standard InChI is InChI=1S/C14H23F3N2O/c1-3-10(4-2)19(8-14(15,16)17)13(20)11-7-9-5-6-12(11)18-9/h9-12,18H,3-8H2,1-2H3. The fourth-order valence-corrected chi connectivity index (χ4v) is 3.62. The Morgan fingerprint density at radius 1 is 1.30 bits per heavy atom. The summed E-state index contributed by atoms with van der Waals surface area (Å²) in [6.45, 7) is 2.56. The zero-order valence-electron chi connectivity index (χ0n) is 12.0. The monoisotopic (exact) mass is 292 g/mol. The van der Waals surface area contributed by atoms with Gasteiger partial charge in [0.15, 0.2) is 0 Å². The Hall–Kier alpha value is -0.780. The van der Waals surface area contributed by atoms with Gasteiger partial charge < -0.3 is 10.2 Å². The van der Waals surface area contributed by atoms with E-state index >= 15 is 0 Å². The molecule has 2 heterocycles. The molecule has 2 aliphatic rings. The Balaban J connectivity index is 2.11. The van der Waals surface area contributed by atoms with Gasteiger partial charge in [0.25, 0.3) is 0 Å². The van der Waals surface area contributed by atoms with Crippen molar-refractivity contribution in [2.24, 2.45) is 5.92 Å². The Morgan fingerprint density at radius 3 is 2.35 bits per heavy atom. The molecule has 2 bridgehead atoms. The third-order valence-corrected chi connectivity index (χ3v) is 4.63. The summed E-state index contributed by atoms with van der Waals surface area (Å²) in [5, 5.41) is 3.32. The van der Waals surface area contributed by atoms with Gasteiger partial charge in [-0.2, -0.15) is 13.2 Å². The molecule has 3 unspecified atom stereocenters. The highest BCUT2D eigenvalue weighted by Gasteiger charge is 2.46. The molecule has 0 radical (unpaired) electrons. The summed E-state index contributed by atoms with van der Waals surface area (Å²) in [6, 6.07) is 0.0873. The van der Waals surface area contributed by atoms with Crippen LogP contribution in [0.2, 0.25) is 0 Å². The number of alkyl halides is 3. The normalized spacial score (nSPS) is 29.2. The van der Waals surface area contributed by atoms with Crippen LogP contribution in [0.3, 0.4) is 0 Å². The van der Waals surface area contributed by atoms with Crippen LogP contribution < -0.4 is 5.32 Å². The number of rotatable bonds is 5. The second-order valence-corrected chi connectivity index (χ2v) is 5.94. The van der Waals surface area contributed by atoms with Crippen molar-refractivity contribution in [3.8, 4) is 0 Å². The molecule has 6 heteroatoms. The van der Waals surface area contributed by atoms with Gasteiger partial charge in [-0.1, -0.05) is 13.8 Å². The SMILES string of the molecule is CCC(CC)N(CC(F)(F)F)C(=O)C1CC2CCC1N2. The number of hydrogen-bond donors (Lipinski definition) is 1. The topological polar surface area (TPSA) is 32.3 Å². The number of hydrogen-bond acceptors (Lipinski definition) is 2. The second kappa shape index (κ2) is 5.92. The predicted molar refractivity (Wildman–Crippen MR) is 70.2 cm³/mol. The van der Waals surface area contributed by atoms with Crippen molar-refractivity contribution < 1.29 is 18.0 Å². The molecule has 2 aliphatic heterocycles. The summed E-state index contributed by atoms with van der Waals surface area (Å²) in [7, 11) is 0. The van der Waals surface area contributed by atoms with Crippen LogP contribution in [0, 0.1) is 5.92 Å². The maximum Gasteiger partial charge on any atom is 0.406 e. The van der Waals surface area contributed by atoms with Crippen molar-refractivity contribution in [1.82, 2.24) is 10.2 Å². The number of amides is 1.